The Labute approximate surface area is 55.5 Å². The summed E-state index contributed by atoms with van der Waals surface area (Å²) in [5, 5.41) is 1.11. The fraction of sp³-hybridized carbons (Fsp3) is 0.600. The molecule has 0 saturated carbocycles. The molecule has 4 heteroatoms. The highest BCUT2D eigenvalue weighted by atomic mass is 32.2. The van der Waals surface area contributed by atoms with Gasteiger partial charge >= 0.3 is 0 Å². The zero-order valence-corrected chi connectivity index (χ0v) is 6.35. The fourth-order valence-corrected chi connectivity index (χ4v) is 0.800. The molecule has 0 spiro atoms. The molecule has 0 heterocycles. The van der Waals surface area contributed by atoms with Crippen molar-refractivity contribution in [3.05, 3.63) is 11.5 Å². The molecule has 0 aliphatic heterocycles. The van der Waals surface area contributed by atoms with E-state index in [2.05, 4.69) is 0 Å². The summed E-state index contributed by atoms with van der Waals surface area (Å²) in [4.78, 5) is 0. The van der Waals surface area contributed by atoms with Gasteiger partial charge in [0.15, 0.2) is 9.84 Å². The average Bonchev–Trinajstić information content (AvgIpc) is 1.59. The normalized spacial score (nSPS) is 16.3. The number of nitrogens with two attached hydrogens (primary N) is 1. The summed E-state index contributed by atoms with van der Waals surface area (Å²) in [5.41, 5.74) is 5.25. The average molecular weight is 149 g/mol. The molecule has 54 valence electrons. The summed E-state index contributed by atoms with van der Waals surface area (Å²) in [5.74, 6) is 0. The van der Waals surface area contributed by atoms with Gasteiger partial charge in [-0.3, -0.25) is 0 Å². The van der Waals surface area contributed by atoms with Gasteiger partial charge in [0.1, 0.15) is 0 Å². The van der Waals surface area contributed by atoms with Gasteiger partial charge in [-0.15, -0.1) is 0 Å². The smallest absolute Gasteiger partial charge is 0.168 e. The highest BCUT2D eigenvalue weighted by molar-refractivity contribution is 7.93. The Morgan fingerprint density at radius 3 is 2.11 bits per heavy atom. The lowest BCUT2D eigenvalue weighted by Crippen LogP contribution is -2.10. The summed E-state index contributed by atoms with van der Waals surface area (Å²) in [6.45, 7) is 1.71. The van der Waals surface area contributed by atoms with Gasteiger partial charge in [-0.1, -0.05) is 6.08 Å². The van der Waals surface area contributed by atoms with Crippen molar-refractivity contribution in [1.29, 1.82) is 0 Å². The Kier molecular flexibility index (Phi) is 2.87. The molecule has 0 aromatic rings. The molecule has 0 fully saturated rings. The van der Waals surface area contributed by atoms with E-state index in [-0.39, 0.29) is 6.04 Å². The van der Waals surface area contributed by atoms with Crippen molar-refractivity contribution in [3.8, 4) is 0 Å². The number of rotatable bonds is 2. The van der Waals surface area contributed by atoms with Crippen molar-refractivity contribution in [3.63, 3.8) is 0 Å². The maximum Gasteiger partial charge on any atom is 0.168 e. The fourth-order valence-electron chi connectivity index (χ4n) is 0.267. The maximum atomic E-state index is 10.4. The molecule has 2 N–H and O–H groups in total. The van der Waals surface area contributed by atoms with E-state index in [1.807, 2.05) is 0 Å². The molecular formula is C5H11NO2S. The van der Waals surface area contributed by atoms with Crippen molar-refractivity contribution in [2.45, 2.75) is 13.0 Å². The molecule has 0 rings (SSSR count). The highest BCUT2D eigenvalue weighted by Gasteiger charge is 1.92. The predicted octanol–water partition coefficient (Wildman–Crippen LogP) is -0.108. The van der Waals surface area contributed by atoms with Crippen LogP contribution < -0.4 is 5.73 Å². The van der Waals surface area contributed by atoms with Crippen LogP contribution in [0, 0.1) is 0 Å². The third-order valence-electron chi connectivity index (χ3n) is 0.629. The van der Waals surface area contributed by atoms with Crippen molar-refractivity contribution >= 4 is 9.84 Å². The Morgan fingerprint density at radius 2 is 2.00 bits per heavy atom. The molecule has 0 aromatic carbocycles. The second-order valence-corrected chi connectivity index (χ2v) is 3.95. The van der Waals surface area contributed by atoms with E-state index in [9.17, 15) is 8.42 Å². The second-order valence-electron chi connectivity index (χ2n) is 2.02. The third kappa shape index (κ3) is 7.65. The van der Waals surface area contributed by atoms with Crippen LogP contribution in [0.1, 0.15) is 6.92 Å². The van der Waals surface area contributed by atoms with E-state index in [4.69, 9.17) is 5.73 Å². The van der Waals surface area contributed by atoms with Crippen LogP contribution in [0.2, 0.25) is 0 Å². The van der Waals surface area contributed by atoms with Crippen LogP contribution in [0.15, 0.2) is 11.5 Å². The Morgan fingerprint density at radius 1 is 1.56 bits per heavy atom. The number of hydrogen-bond acceptors (Lipinski definition) is 3. The minimum Gasteiger partial charge on any atom is -0.325 e. The first-order chi connectivity index (χ1) is 3.92. The van der Waals surface area contributed by atoms with Crippen molar-refractivity contribution < 1.29 is 8.42 Å². The van der Waals surface area contributed by atoms with E-state index in [0.717, 1.165) is 11.7 Å². The van der Waals surface area contributed by atoms with Crippen molar-refractivity contribution in [2.24, 2.45) is 5.73 Å². The lowest BCUT2D eigenvalue weighted by Gasteiger charge is -1.91. The Hall–Kier alpha value is -0.350. The lowest BCUT2D eigenvalue weighted by molar-refractivity contribution is 0.610. The molecule has 9 heavy (non-hydrogen) atoms. The number of sulfone groups is 1. The van der Waals surface area contributed by atoms with E-state index >= 15 is 0 Å². The molecule has 0 aliphatic rings. The summed E-state index contributed by atoms with van der Waals surface area (Å²) < 4.78 is 20.8. The van der Waals surface area contributed by atoms with Crippen LogP contribution in [-0.4, -0.2) is 20.7 Å². The summed E-state index contributed by atoms with van der Waals surface area (Å²) >= 11 is 0. The van der Waals surface area contributed by atoms with E-state index in [1.165, 1.54) is 6.08 Å². The first-order valence-corrected chi connectivity index (χ1v) is 4.51. The van der Waals surface area contributed by atoms with Gasteiger partial charge in [0.25, 0.3) is 0 Å². The topological polar surface area (TPSA) is 60.2 Å². The minimum absolute atomic E-state index is 0.195. The summed E-state index contributed by atoms with van der Waals surface area (Å²) in [6.07, 6.45) is 2.57. The molecule has 0 saturated heterocycles. The van der Waals surface area contributed by atoms with E-state index in [1.54, 1.807) is 6.92 Å². The van der Waals surface area contributed by atoms with Crippen molar-refractivity contribution in [2.75, 3.05) is 6.26 Å². The standard InChI is InChI=1S/C5H11NO2S/c1-5(6)3-4-9(2,7)8/h3-5H,6H2,1-2H3/b4-3+/t5-/m1/s1. The second kappa shape index (κ2) is 2.98. The van der Waals surface area contributed by atoms with Gasteiger partial charge in [0, 0.05) is 17.7 Å². The molecule has 0 aromatic heterocycles. The van der Waals surface area contributed by atoms with Crippen LogP contribution in [0.25, 0.3) is 0 Å². The zero-order chi connectivity index (χ0) is 7.49. The van der Waals surface area contributed by atoms with Gasteiger partial charge in [-0.2, -0.15) is 0 Å². The first kappa shape index (κ1) is 8.65. The van der Waals surface area contributed by atoms with Gasteiger partial charge < -0.3 is 5.73 Å². The summed E-state index contributed by atoms with van der Waals surface area (Å²) in [6, 6.07) is -0.195. The Balaban J connectivity index is 4.03. The zero-order valence-electron chi connectivity index (χ0n) is 5.53. The van der Waals surface area contributed by atoms with Gasteiger partial charge in [0.05, 0.1) is 0 Å². The van der Waals surface area contributed by atoms with E-state index in [0.29, 0.717) is 0 Å². The van der Waals surface area contributed by atoms with E-state index < -0.39 is 9.84 Å². The lowest BCUT2D eigenvalue weighted by atomic mass is 10.4. The van der Waals surface area contributed by atoms with Crippen LogP contribution in [0.4, 0.5) is 0 Å². The van der Waals surface area contributed by atoms with Crippen LogP contribution in [0.5, 0.6) is 0 Å². The SMILES string of the molecule is C[C@@H](N)/C=C/S(C)(=O)=O. The number of hydrogen-bond donors (Lipinski definition) is 1. The van der Waals surface area contributed by atoms with Gasteiger partial charge in [0.2, 0.25) is 0 Å². The molecular weight excluding hydrogens is 138 g/mol. The van der Waals surface area contributed by atoms with Gasteiger partial charge in [-0.05, 0) is 6.92 Å². The third-order valence-corrected chi connectivity index (χ3v) is 1.28. The molecule has 0 unspecified atom stereocenters. The quantitative estimate of drug-likeness (QED) is 0.596. The van der Waals surface area contributed by atoms with Gasteiger partial charge in [-0.25, -0.2) is 8.42 Å². The first-order valence-electron chi connectivity index (χ1n) is 2.55. The molecule has 3 nitrogen and oxygen atoms in total. The predicted molar refractivity (Wildman–Crippen MR) is 37.6 cm³/mol. The molecule has 0 aliphatic carbocycles. The van der Waals surface area contributed by atoms with Crippen LogP contribution >= 0.6 is 0 Å². The summed E-state index contributed by atoms with van der Waals surface area (Å²) in [7, 11) is -2.98. The maximum absolute atomic E-state index is 10.4. The van der Waals surface area contributed by atoms with Crippen LogP contribution in [0.3, 0.4) is 0 Å². The molecule has 0 radical (unpaired) electrons. The highest BCUT2D eigenvalue weighted by Crippen LogP contribution is 1.86. The monoisotopic (exact) mass is 149 g/mol. The van der Waals surface area contributed by atoms with Crippen molar-refractivity contribution in [1.82, 2.24) is 0 Å². The minimum atomic E-state index is -2.98. The Bertz CT molecular complexity index is 191. The van der Waals surface area contributed by atoms with Crippen LogP contribution in [-0.2, 0) is 9.84 Å². The molecule has 0 amide bonds. The molecule has 1 atom stereocenters. The largest absolute Gasteiger partial charge is 0.325 e. The molecule has 0 bridgehead atoms.